The van der Waals surface area contributed by atoms with E-state index >= 15 is 0 Å². The summed E-state index contributed by atoms with van der Waals surface area (Å²) >= 11 is 3.38. The molecule has 0 N–H and O–H groups in total. The van der Waals surface area contributed by atoms with Crippen LogP contribution in [-0.4, -0.2) is 32.1 Å². The van der Waals surface area contributed by atoms with Crippen molar-refractivity contribution in [3.05, 3.63) is 52.2 Å². The molecule has 0 aliphatic heterocycles. The van der Waals surface area contributed by atoms with Gasteiger partial charge in [-0.3, -0.25) is 4.79 Å². The van der Waals surface area contributed by atoms with E-state index in [0.29, 0.717) is 12.3 Å². The highest BCUT2D eigenvalue weighted by atomic mass is 32.2. The normalized spacial score (nSPS) is 14.0. The number of carbonyl (C=O) groups is 1. The highest BCUT2D eigenvalue weighted by Crippen LogP contribution is 2.39. The minimum atomic E-state index is -0.244. The number of nitrogens with zero attached hydrogens (tertiary/aromatic N) is 3. The van der Waals surface area contributed by atoms with Gasteiger partial charge in [-0.1, -0.05) is 42.1 Å². The number of fused-ring (bicyclic) bond motifs is 3. The van der Waals surface area contributed by atoms with Crippen LogP contribution in [0.2, 0.25) is 0 Å². The summed E-state index contributed by atoms with van der Waals surface area (Å²) in [4.78, 5) is 27.2. The summed E-state index contributed by atoms with van der Waals surface area (Å²) in [5.74, 6) is 1.32. The molecule has 158 valence electrons. The zero-order chi connectivity index (χ0) is 21.3. The molecule has 30 heavy (non-hydrogen) atoms. The summed E-state index contributed by atoms with van der Waals surface area (Å²) in [6.45, 7) is 8.86. The molecule has 0 radical (unpaired) electrons. The number of carbonyl (C=O) groups excluding carboxylic acids is 1. The molecule has 0 saturated heterocycles. The molecule has 6 heteroatoms. The molecule has 1 aliphatic rings. The molecule has 3 aromatic rings. The molecule has 1 aromatic carbocycles. The van der Waals surface area contributed by atoms with Crippen molar-refractivity contribution in [3.8, 4) is 0 Å². The largest absolute Gasteiger partial charge is 0.333 e. The van der Waals surface area contributed by atoms with Crippen molar-refractivity contribution in [1.29, 1.82) is 0 Å². The average Bonchev–Trinajstić information content (AvgIpc) is 3.08. The highest BCUT2D eigenvalue weighted by molar-refractivity contribution is 8.00. The zero-order valence-electron chi connectivity index (χ0n) is 18.2. The predicted octanol–water partition coefficient (Wildman–Crippen LogP) is 5.80. The van der Waals surface area contributed by atoms with Crippen molar-refractivity contribution in [1.82, 2.24) is 14.9 Å². The van der Waals surface area contributed by atoms with E-state index < -0.39 is 0 Å². The zero-order valence-corrected chi connectivity index (χ0v) is 19.8. The molecule has 0 atom stereocenters. The SMILES string of the molecule is Cc1nc(SCC(=O)N(Cc2ccccc2)C(C)(C)C)c2c3c(sc2n1)CCCC3. The van der Waals surface area contributed by atoms with Crippen LogP contribution in [0.3, 0.4) is 0 Å². The van der Waals surface area contributed by atoms with Crippen molar-refractivity contribution in [2.24, 2.45) is 0 Å². The van der Waals surface area contributed by atoms with Gasteiger partial charge >= 0.3 is 0 Å². The fourth-order valence-electron chi connectivity index (χ4n) is 4.00. The highest BCUT2D eigenvalue weighted by Gasteiger charge is 2.27. The van der Waals surface area contributed by atoms with Crippen LogP contribution in [-0.2, 0) is 24.2 Å². The maximum atomic E-state index is 13.3. The summed E-state index contributed by atoms with van der Waals surface area (Å²) in [6.07, 6.45) is 4.73. The molecule has 2 heterocycles. The topological polar surface area (TPSA) is 46.1 Å². The van der Waals surface area contributed by atoms with Gasteiger partial charge in [0, 0.05) is 22.3 Å². The number of thioether (sulfide) groups is 1. The predicted molar refractivity (Wildman–Crippen MR) is 126 cm³/mol. The number of aryl methyl sites for hydroxylation is 3. The Bertz CT molecular complexity index is 1050. The van der Waals surface area contributed by atoms with Crippen LogP contribution in [0.25, 0.3) is 10.2 Å². The fourth-order valence-corrected chi connectivity index (χ4v) is 6.35. The first-order valence-electron chi connectivity index (χ1n) is 10.6. The monoisotopic (exact) mass is 439 g/mol. The summed E-state index contributed by atoms with van der Waals surface area (Å²) < 4.78 is 0. The van der Waals surface area contributed by atoms with Crippen LogP contribution in [0, 0.1) is 6.92 Å². The van der Waals surface area contributed by atoms with Gasteiger partial charge in [0.25, 0.3) is 0 Å². The summed E-state index contributed by atoms with van der Waals surface area (Å²) in [6, 6.07) is 10.2. The molecular formula is C24H29N3OS2. The van der Waals surface area contributed by atoms with Crippen LogP contribution in [0.15, 0.2) is 35.4 Å². The number of amides is 1. The van der Waals surface area contributed by atoms with Crippen LogP contribution in [0.5, 0.6) is 0 Å². The van der Waals surface area contributed by atoms with Crippen molar-refractivity contribution in [2.75, 3.05) is 5.75 Å². The lowest BCUT2D eigenvalue weighted by atomic mass is 9.97. The first-order chi connectivity index (χ1) is 14.3. The summed E-state index contributed by atoms with van der Waals surface area (Å²) in [5.41, 5.74) is 2.33. The Morgan fingerprint density at radius 1 is 1.13 bits per heavy atom. The lowest BCUT2D eigenvalue weighted by Gasteiger charge is -2.36. The smallest absolute Gasteiger partial charge is 0.233 e. The second-order valence-electron chi connectivity index (χ2n) is 8.89. The van der Waals surface area contributed by atoms with Crippen LogP contribution >= 0.6 is 23.1 Å². The standard InChI is InChI=1S/C24H29N3OS2/c1-16-25-22(21-18-12-8-9-13-19(18)30-23(21)26-16)29-15-20(28)27(24(2,3)4)14-17-10-6-5-7-11-17/h5-7,10-11H,8-9,12-15H2,1-4H3. The van der Waals surface area contributed by atoms with E-state index in [2.05, 4.69) is 32.9 Å². The second-order valence-corrected chi connectivity index (χ2v) is 10.9. The van der Waals surface area contributed by atoms with Crippen LogP contribution in [0.1, 0.15) is 55.4 Å². The second kappa shape index (κ2) is 8.67. The number of thiophene rings is 1. The molecule has 4 rings (SSSR count). The molecule has 2 aromatic heterocycles. The van der Waals surface area contributed by atoms with Crippen molar-refractivity contribution in [3.63, 3.8) is 0 Å². The Hall–Kier alpha value is -1.92. The number of hydrogen-bond acceptors (Lipinski definition) is 5. The molecule has 0 fully saturated rings. The lowest BCUT2D eigenvalue weighted by Crippen LogP contribution is -2.45. The van der Waals surface area contributed by atoms with Gasteiger partial charge in [-0.15, -0.1) is 11.3 Å². The van der Waals surface area contributed by atoms with Crippen LogP contribution in [0.4, 0.5) is 0 Å². The van der Waals surface area contributed by atoms with Gasteiger partial charge in [0.15, 0.2) is 0 Å². The number of aromatic nitrogens is 2. The van der Waals surface area contributed by atoms with Gasteiger partial charge in [0.2, 0.25) is 5.91 Å². The maximum Gasteiger partial charge on any atom is 0.233 e. The molecule has 0 unspecified atom stereocenters. The van der Waals surface area contributed by atoms with Gasteiger partial charge < -0.3 is 4.90 Å². The number of benzene rings is 1. The number of hydrogen-bond donors (Lipinski definition) is 0. The van der Waals surface area contributed by atoms with E-state index in [9.17, 15) is 4.79 Å². The van der Waals surface area contributed by atoms with Gasteiger partial charge in [0.05, 0.1) is 5.75 Å². The molecule has 0 bridgehead atoms. The van der Waals surface area contributed by atoms with E-state index in [0.717, 1.165) is 34.1 Å². The Labute approximate surface area is 187 Å². The Kier molecular flexibility index (Phi) is 6.16. The van der Waals surface area contributed by atoms with E-state index in [1.807, 2.05) is 41.4 Å². The van der Waals surface area contributed by atoms with E-state index in [-0.39, 0.29) is 11.4 Å². The third-order valence-electron chi connectivity index (χ3n) is 5.52. The van der Waals surface area contributed by atoms with E-state index in [1.54, 1.807) is 11.8 Å². The molecule has 4 nitrogen and oxygen atoms in total. The van der Waals surface area contributed by atoms with Gasteiger partial charge in [-0.25, -0.2) is 9.97 Å². The van der Waals surface area contributed by atoms with E-state index in [1.165, 1.54) is 28.7 Å². The lowest BCUT2D eigenvalue weighted by molar-refractivity contribution is -0.133. The Morgan fingerprint density at radius 2 is 1.87 bits per heavy atom. The summed E-state index contributed by atoms with van der Waals surface area (Å²) in [5, 5.41) is 2.17. The van der Waals surface area contributed by atoms with Gasteiger partial charge in [0.1, 0.15) is 15.7 Å². The first kappa shape index (κ1) is 21.3. The Morgan fingerprint density at radius 3 is 2.60 bits per heavy atom. The third-order valence-corrected chi connectivity index (χ3v) is 7.67. The molecule has 1 aliphatic carbocycles. The van der Waals surface area contributed by atoms with Gasteiger partial charge in [-0.05, 0) is 64.5 Å². The minimum absolute atomic E-state index is 0.143. The minimum Gasteiger partial charge on any atom is -0.333 e. The average molecular weight is 440 g/mol. The van der Waals surface area contributed by atoms with Crippen LogP contribution < -0.4 is 0 Å². The van der Waals surface area contributed by atoms with Crippen molar-refractivity contribution >= 4 is 39.2 Å². The number of rotatable bonds is 5. The molecule has 0 spiro atoms. The first-order valence-corrected chi connectivity index (χ1v) is 12.4. The molecule has 0 saturated carbocycles. The third kappa shape index (κ3) is 4.54. The Balaban J connectivity index is 1.58. The maximum absolute atomic E-state index is 13.3. The van der Waals surface area contributed by atoms with Crippen molar-refractivity contribution in [2.45, 2.75) is 70.5 Å². The van der Waals surface area contributed by atoms with Crippen molar-refractivity contribution < 1.29 is 4.79 Å². The fraction of sp³-hybridized carbons (Fsp3) is 0.458. The van der Waals surface area contributed by atoms with E-state index in [4.69, 9.17) is 9.97 Å². The quantitative estimate of drug-likeness (QED) is 0.372. The summed E-state index contributed by atoms with van der Waals surface area (Å²) in [7, 11) is 0. The van der Waals surface area contributed by atoms with Gasteiger partial charge in [-0.2, -0.15) is 0 Å². The molecular weight excluding hydrogens is 410 g/mol. The molecule has 1 amide bonds.